The van der Waals surface area contributed by atoms with Gasteiger partial charge in [-0.15, -0.1) is 0 Å². The summed E-state index contributed by atoms with van der Waals surface area (Å²) in [6.45, 7) is 1.49. The minimum absolute atomic E-state index is 0.0689. The first kappa shape index (κ1) is 12.2. The zero-order chi connectivity index (χ0) is 12.8. The number of nitrogen functional groups attached to an aromatic ring is 1. The number of nitrogens with one attached hydrogen (secondary N) is 1. The number of anilines is 1. The highest BCUT2D eigenvalue weighted by molar-refractivity contribution is 5.94. The molecule has 1 aromatic carbocycles. The van der Waals surface area contributed by atoms with Crippen LogP contribution in [0.5, 0.6) is 0 Å². The van der Waals surface area contributed by atoms with Crippen molar-refractivity contribution in [2.75, 3.05) is 12.3 Å². The largest absolute Gasteiger partial charge is 0.399 e. The monoisotopic (exact) mass is 244 g/mol. The van der Waals surface area contributed by atoms with E-state index in [1.165, 1.54) is 0 Å². The third kappa shape index (κ3) is 3.35. The fraction of sp³-hybridized carbons (Fsp3) is 0.231. The quantitative estimate of drug-likeness (QED) is 0.614. The number of imidazole rings is 1. The van der Waals surface area contributed by atoms with Crippen molar-refractivity contribution in [1.82, 2.24) is 14.9 Å². The summed E-state index contributed by atoms with van der Waals surface area (Å²) in [5.74, 6) is -0.0689. The zero-order valence-corrected chi connectivity index (χ0v) is 10.0. The Bertz CT molecular complexity index is 490. The number of amides is 1. The van der Waals surface area contributed by atoms with Crippen LogP contribution in [0.3, 0.4) is 0 Å². The van der Waals surface area contributed by atoms with Gasteiger partial charge in [0.2, 0.25) is 0 Å². The van der Waals surface area contributed by atoms with Gasteiger partial charge in [0, 0.05) is 36.7 Å². The molecule has 0 aliphatic carbocycles. The summed E-state index contributed by atoms with van der Waals surface area (Å²) in [5, 5.41) is 2.87. The van der Waals surface area contributed by atoms with Gasteiger partial charge in [0.05, 0.1) is 6.33 Å². The number of hydrogen-bond acceptors (Lipinski definition) is 3. The van der Waals surface area contributed by atoms with Gasteiger partial charge in [-0.25, -0.2) is 4.98 Å². The topological polar surface area (TPSA) is 72.9 Å². The molecule has 0 aliphatic rings. The lowest BCUT2D eigenvalue weighted by Gasteiger charge is -2.06. The molecule has 0 bridgehead atoms. The highest BCUT2D eigenvalue weighted by Crippen LogP contribution is 2.05. The Morgan fingerprint density at radius 3 is 2.78 bits per heavy atom. The molecule has 3 N–H and O–H groups in total. The van der Waals surface area contributed by atoms with Crippen LogP contribution >= 0.6 is 0 Å². The Kier molecular flexibility index (Phi) is 3.96. The van der Waals surface area contributed by atoms with E-state index in [2.05, 4.69) is 10.3 Å². The number of benzene rings is 1. The van der Waals surface area contributed by atoms with E-state index in [0.29, 0.717) is 17.8 Å². The molecule has 1 heterocycles. The molecule has 1 amide bonds. The van der Waals surface area contributed by atoms with Gasteiger partial charge in [0.1, 0.15) is 0 Å². The SMILES string of the molecule is Nc1ccc(C(=O)NCCCn2ccnc2)cc1. The second-order valence-electron chi connectivity index (χ2n) is 4.03. The summed E-state index contributed by atoms with van der Waals surface area (Å²) < 4.78 is 1.98. The Balaban J connectivity index is 1.73. The molecular formula is C13H16N4O. The Labute approximate surface area is 106 Å². The maximum atomic E-state index is 11.7. The van der Waals surface area contributed by atoms with E-state index in [1.54, 1.807) is 36.8 Å². The number of aromatic nitrogens is 2. The van der Waals surface area contributed by atoms with Crippen molar-refractivity contribution >= 4 is 11.6 Å². The molecule has 0 atom stereocenters. The molecule has 0 unspecified atom stereocenters. The minimum Gasteiger partial charge on any atom is -0.399 e. The minimum atomic E-state index is -0.0689. The van der Waals surface area contributed by atoms with Crippen LogP contribution in [0.4, 0.5) is 5.69 Å². The third-order valence-electron chi connectivity index (χ3n) is 2.61. The molecule has 2 rings (SSSR count). The summed E-state index contributed by atoms with van der Waals surface area (Å²) in [4.78, 5) is 15.7. The molecular weight excluding hydrogens is 228 g/mol. The van der Waals surface area contributed by atoms with Crippen LogP contribution in [-0.4, -0.2) is 22.0 Å². The molecule has 5 nitrogen and oxygen atoms in total. The molecule has 2 aromatic rings. The third-order valence-corrected chi connectivity index (χ3v) is 2.61. The predicted octanol–water partition coefficient (Wildman–Crippen LogP) is 1.29. The lowest BCUT2D eigenvalue weighted by atomic mass is 10.2. The molecule has 0 radical (unpaired) electrons. The van der Waals surface area contributed by atoms with E-state index in [0.717, 1.165) is 13.0 Å². The number of hydrogen-bond donors (Lipinski definition) is 2. The Morgan fingerprint density at radius 1 is 1.33 bits per heavy atom. The number of nitrogens with two attached hydrogens (primary N) is 1. The van der Waals surface area contributed by atoms with Gasteiger partial charge in [0.25, 0.3) is 5.91 Å². The Morgan fingerprint density at radius 2 is 2.11 bits per heavy atom. The number of rotatable bonds is 5. The van der Waals surface area contributed by atoms with E-state index in [9.17, 15) is 4.79 Å². The summed E-state index contributed by atoms with van der Waals surface area (Å²) in [6, 6.07) is 6.89. The Hall–Kier alpha value is -2.30. The molecule has 18 heavy (non-hydrogen) atoms. The van der Waals surface area contributed by atoms with Gasteiger partial charge < -0.3 is 15.6 Å². The average molecular weight is 244 g/mol. The summed E-state index contributed by atoms with van der Waals surface area (Å²) in [7, 11) is 0. The van der Waals surface area contributed by atoms with E-state index in [4.69, 9.17) is 5.73 Å². The predicted molar refractivity (Wildman–Crippen MR) is 70.0 cm³/mol. The van der Waals surface area contributed by atoms with Gasteiger partial charge in [-0.05, 0) is 30.7 Å². The number of carbonyl (C=O) groups is 1. The summed E-state index contributed by atoms with van der Waals surface area (Å²) >= 11 is 0. The fourth-order valence-corrected chi connectivity index (χ4v) is 1.62. The molecule has 0 aliphatic heterocycles. The summed E-state index contributed by atoms with van der Waals surface area (Å²) in [6.07, 6.45) is 6.29. The standard InChI is InChI=1S/C13H16N4O/c14-12-4-2-11(3-5-12)13(18)16-6-1-8-17-9-7-15-10-17/h2-5,7,9-10H,1,6,8,14H2,(H,16,18). The van der Waals surface area contributed by atoms with Crippen LogP contribution in [0.25, 0.3) is 0 Å². The highest BCUT2D eigenvalue weighted by Gasteiger charge is 2.03. The maximum Gasteiger partial charge on any atom is 0.251 e. The first-order valence-corrected chi connectivity index (χ1v) is 5.85. The van der Waals surface area contributed by atoms with Crippen molar-refractivity contribution in [3.8, 4) is 0 Å². The second-order valence-corrected chi connectivity index (χ2v) is 4.03. The van der Waals surface area contributed by atoms with E-state index in [1.807, 2.05) is 10.8 Å². The molecule has 0 saturated carbocycles. The van der Waals surface area contributed by atoms with Crippen molar-refractivity contribution < 1.29 is 4.79 Å². The number of aryl methyl sites for hydroxylation is 1. The van der Waals surface area contributed by atoms with Crippen molar-refractivity contribution in [1.29, 1.82) is 0 Å². The van der Waals surface area contributed by atoms with E-state index < -0.39 is 0 Å². The van der Waals surface area contributed by atoms with E-state index >= 15 is 0 Å². The first-order valence-electron chi connectivity index (χ1n) is 5.85. The number of nitrogens with zero attached hydrogens (tertiary/aromatic N) is 2. The molecule has 0 saturated heterocycles. The average Bonchev–Trinajstić information content (AvgIpc) is 2.88. The molecule has 0 fully saturated rings. The van der Waals surface area contributed by atoms with Gasteiger partial charge in [0.15, 0.2) is 0 Å². The highest BCUT2D eigenvalue weighted by atomic mass is 16.1. The summed E-state index contributed by atoms with van der Waals surface area (Å²) in [5.41, 5.74) is 6.85. The van der Waals surface area contributed by atoms with Crippen LogP contribution in [0.2, 0.25) is 0 Å². The normalized spacial score (nSPS) is 10.2. The van der Waals surface area contributed by atoms with Crippen molar-refractivity contribution in [3.05, 3.63) is 48.5 Å². The van der Waals surface area contributed by atoms with Crippen molar-refractivity contribution in [2.24, 2.45) is 0 Å². The van der Waals surface area contributed by atoms with Crippen LogP contribution in [0.15, 0.2) is 43.0 Å². The number of carbonyl (C=O) groups excluding carboxylic acids is 1. The van der Waals surface area contributed by atoms with Crippen LogP contribution in [-0.2, 0) is 6.54 Å². The molecule has 94 valence electrons. The van der Waals surface area contributed by atoms with Gasteiger partial charge >= 0.3 is 0 Å². The van der Waals surface area contributed by atoms with Gasteiger partial charge in [-0.3, -0.25) is 4.79 Å². The first-order chi connectivity index (χ1) is 8.75. The fourth-order valence-electron chi connectivity index (χ4n) is 1.62. The van der Waals surface area contributed by atoms with Gasteiger partial charge in [-0.1, -0.05) is 0 Å². The lowest BCUT2D eigenvalue weighted by Crippen LogP contribution is -2.25. The van der Waals surface area contributed by atoms with Crippen LogP contribution < -0.4 is 11.1 Å². The molecule has 0 spiro atoms. The molecule has 1 aromatic heterocycles. The van der Waals surface area contributed by atoms with Gasteiger partial charge in [-0.2, -0.15) is 0 Å². The van der Waals surface area contributed by atoms with Crippen molar-refractivity contribution in [2.45, 2.75) is 13.0 Å². The second kappa shape index (κ2) is 5.86. The van der Waals surface area contributed by atoms with Crippen LogP contribution in [0, 0.1) is 0 Å². The van der Waals surface area contributed by atoms with E-state index in [-0.39, 0.29) is 5.91 Å². The lowest BCUT2D eigenvalue weighted by molar-refractivity contribution is 0.0953. The zero-order valence-electron chi connectivity index (χ0n) is 10.0. The van der Waals surface area contributed by atoms with Crippen molar-refractivity contribution in [3.63, 3.8) is 0 Å². The maximum absolute atomic E-state index is 11.7. The molecule has 5 heteroatoms. The van der Waals surface area contributed by atoms with Crippen LogP contribution in [0.1, 0.15) is 16.8 Å². The smallest absolute Gasteiger partial charge is 0.251 e.